The summed E-state index contributed by atoms with van der Waals surface area (Å²) in [5.41, 5.74) is 0. The largest absolute Gasteiger partial charge is 0.292 e. The van der Waals surface area contributed by atoms with Gasteiger partial charge >= 0.3 is 0 Å². The molecule has 0 atom stereocenters. The van der Waals surface area contributed by atoms with Crippen LogP contribution in [-0.4, -0.2) is 43.2 Å². The van der Waals surface area contributed by atoms with Gasteiger partial charge in [0, 0.05) is 13.1 Å². The molecule has 0 saturated carbocycles. The Morgan fingerprint density at radius 1 is 1.27 bits per heavy atom. The molecular weight excluding hydrogens is 136 g/mol. The highest BCUT2D eigenvalue weighted by molar-refractivity contribution is 4.67. The summed E-state index contributed by atoms with van der Waals surface area (Å²) in [5.74, 6) is 0.848. The fourth-order valence-electron chi connectivity index (χ4n) is 1.42. The lowest BCUT2D eigenvalue weighted by atomic mass is 10.1. The summed E-state index contributed by atoms with van der Waals surface area (Å²) < 4.78 is 0. The molecule has 1 aliphatic heterocycles. The zero-order chi connectivity index (χ0) is 8.27. The molecule has 1 fully saturated rings. The summed E-state index contributed by atoms with van der Waals surface area (Å²) in [6.45, 7) is 9.55. The standard InChI is InChI=1S/C9H20N2/c1-9(2)4-5-11-7-6-10(3)8-11/h9H,4-8H2,1-3H3. The minimum atomic E-state index is 0.848. The van der Waals surface area contributed by atoms with Gasteiger partial charge in [-0.2, -0.15) is 0 Å². The number of likely N-dealkylation sites (N-methyl/N-ethyl adjacent to an activating group) is 1. The zero-order valence-corrected chi connectivity index (χ0v) is 8.01. The van der Waals surface area contributed by atoms with Crippen LogP contribution in [0.5, 0.6) is 0 Å². The topological polar surface area (TPSA) is 6.48 Å². The molecule has 0 amide bonds. The van der Waals surface area contributed by atoms with E-state index in [1.165, 1.54) is 32.7 Å². The normalized spacial score (nSPS) is 21.8. The maximum Gasteiger partial charge on any atom is 0.0504 e. The Labute approximate surface area is 70.2 Å². The van der Waals surface area contributed by atoms with Crippen LogP contribution in [0.4, 0.5) is 0 Å². The fraction of sp³-hybridized carbons (Fsp3) is 1.00. The summed E-state index contributed by atoms with van der Waals surface area (Å²) in [6.07, 6.45) is 1.34. The summed E-state index contributed by atoms with van der Waals surface area (Å²) >= 11 is 0. The van der Waals surface area contributed by atoms with E-state index in [1.54, 1.807) is 0 Å². The van der Waals surface area contributed by atoms with Crippen LogP contribution < -0.4 is 0 Å². The lowest BCUT2D eigenvalue weighted by molar-refractivity contribution is 0.261. The van der Waals surface area contributed by atoms with Crippen LogP contribution in [0, 0.1) is 5.92 Å². The highest BCUT2D eigenvalue weighted by Crippen LogP contribution is 2.06. The van der Waals surface area contributed by atoms with Crippen LogP contribution >= 0.6 is 0 Å². The van der Waals surface area contributed by atoms with Gasteiger partial charge in [-0.3, -0.25) is 9.80 Å². The highest BCUT2D eigenvalue weighted by Gasteiger charge is 2.15. The maximum atomic E-state index is 2.53. The first-order valence-corrected chi connectivity index (χ1v) is 4.59. The third-order valence-corrected chi connectivity index (χ3v) is 2.26. The zero-order valence-electron chi connectivity index (χ0n) is 8.01. The van der Waals surface area contributed by atoms with Crippen LogP contribution in [0.1, 0.15) is 20.3 Å². The van der Waals surface area contributed by atoms with Crippen molar-refractivity contribution in [3.63, 3.8) is 0 Å². The van der Waals surface area contributed by atoms with Crippen LogP contribution in [0.2, 0.25) is 0 Å². The Balaban J connectivity index is 2.08. The summed E-state index contributed by atoms with van der Waals surface area (Å²) in [5, 5.41) is 0. The summed E-state index contributed by atoms with van der Waals surface area (Å²) in [4.78, 5) is 4.90. The van der Waals surface area contributed by atoms with E-state index in [4.69, 9.17) is 0 Å². The van der Waals surface area contributed by atoms with Gasteiger partial charge in [-0.05, 0) is 25.9 Å². The minimum Gasteiger partial charge on any atom is -0.292 e. The molecule has 0 aromatic rings. The van der Waals surface area contributed by atoms with E-state index in [2.05, 4.69) is 30.7 Å². The van der Waals surface area contributed by atoms with Gasteiger partial charge in [-0.1, -0.05) is 13.8 Å². The molecule has 0 N–H and O–H groups in total. The molecule has 0 radical (unpaired) electrons. The van der Waals surface area contributed by atoms with Crippen molar-refractivity contribution < 1.29 is 0 Å². The van der Waals surface area contributed by atoms with Crippen molar-refractivity contribution in [3.8, 4) is 0 Å². The van der Waals surface area contributed by atoms with Gasteiger partial charge in [0.15, 0.2) is 0 Å². The third kappa shape index (κ3) is 3.21. The molecule has 1 rings (SSSR count). The van der Waals surface area contributed by atoms with E-state index < -0.39 is 0 Å². The van der Waals surface area contributed by atoms with Crippen molar-refractivity contribution in [1.82, 2.24) is 9.80 Å². The van der Waals surface area contributed by atoms with E-state index in [9.17, 15) is 0 Å². The number of hydrogen-bond donors (Lipinski definition) is 0. The SMILES string of the molecule is CC(C)CCN1CCN(C)C1. The molecule has 0 aromatic heterocycles. The second kappa shape index (κ2) is 4.07. The minimum absolute atomic E-state index is 0.848. The monoisotopic (exact) mass is 156 g/mol. The second-order valence-electron chi connectivity index (χ2n) is 4.02. The lowest BCUT2D eigenvalue weighted by Gasteiger charge is -2.16. The second-order valence-corrected chi connectivity index (χ2v) is 4.02. The van der Waals surface area contributed by atoms with Crippen molar-refractivity contribution in [2.24, 2.45) is 5.92 Å². The van der Waals surface area contributed by atoms with E-state index in [1.807, 2.05) is 0 Å². The molecule has 0 bridgehead atoms. The molecular formula is C9H20N2. The number of nitrogens with zero attached hydrogens (tertiary/aromatic N) is 2. The van der Waals surface area contributed by atoms with E-state index in [-0.39, 0.29) is 0 Å². The summed E-state index contributed by atoms with van der Waals surface area (Å²) in [7, 11) is 2.19. The van der Waals surface area contributed by atoms with Gasteiger partial charge in [0.05, 0.1) is 6.67 Å². The van der Waals surface area contributed by atoms with Gasteiger partial charge in [0.25, 0.3) is 0 Å². The molecule has 2 nitrogen and oxygen atoms in total. The molecule has 0 aliphatic carbocycles. The van der Waals surface area contributed by atoms with Crippen molar-refractivity contribution in [3.05, 3.63) is 0 Å². The lowest BCUT2D eigenvalue weighted by Crippen LogP contribution is -2.24. The predicted molar refractivity (Wildman–Crippen MR) is 48.5 cm³/mol. The van der Waals surface area contributed by atoms with E-state index >= 15 is 0 Å². The first-order valence-electron chi connectivity index (χ1n) is 4.59. The van der Waals surface area contributed by atoms with Gasteiger partial charge < -0.3 is 0 Å². The fourth-order valence-corrected chi connectivity index (χ4v) is 1.42. The van der Waals surface area contributed by atoms with Gasteiger partial charge in [-0.25, -0.2) is 0 Å². The molecule has 0 spiro atoms. The van der Waals surface area contributed by atoms with Crippen molar-refractivity contribution in [1.29, 1.82) is 0 Å². The van der Waals surface area contributed by atoms with Gasteiger partial charge in [0.1, 0.15) is 0 Å². The Morgan fingerprint density at radius 3 is 2.45 bits per heavy atom. The first kappa shape index (κ1) is 9.01. The Bertz CT molecular complexity index is 112. The summed E-state index contributed by atoms with van der Waals surface area (Å²) in [6, 6.07) is 0. The average Bonchev–Trinajstić information content (AvgIpc) is 2.31. The smallest absolute Gasteiger partial charge is 0.0504 e. The van der Waals surface area contributed by atoms with Crippen LogP contribution in [0.3, 0.4) is 0 Å². The van der Waals surface area contributed by atoms with Crippen molar-refractivity contribution in [2.75, 3.05) is 33.4 Å². The molecule has 66 valence electrons. The molecule has 0 aromatic carbocycles. The number of hydrogen-bond acceptors (Lipinski definition) is 2. The molecule has 11 heavy (non-hydrogen) atoms. The van der Waals surface area contributed by atoms with Crippen LogP contribution in [0.25, 0.3) is 0 Å². The van der Waals surface area contributed by atoms with Crippen LogP contribution in [-0.2, 0) is 0 Å². The van der Waals surface area contributed by atoms with Crippen LogP contribution in [0.15, 0.2) is 0 Å². The Kier molecular flexibility index (Phi) is 3.34. The predicted octanol–water partition coefficient (Wildman–Crippen LogP) is 1.24. The Hall–Kier alpha value is -0.0800. The van der Waals surface area contributed by atoms with E-state index in [0.717, 1.165) is 5.92 Å². The van der Waals surface area contributed by atoms with E-state index in [0.29, 0.717) is 0 Å². The van der Waals surface area contributed by atoms with Crippen molar-refractivity contribution in [2.45, 2.75) is 20.3 Å². The molecule has 2 heteroatoms. The third-order valence-electron chi connectivity index (χ3n) is 2.26. The number of rotatable bonds is 3. The van der Waals surface area contributed by atoms with Gasteiger partial charge in [0.2, 0.25) is 0 Å². The highest BCUT2D eigenvalue weighted by atomic mass is 15.4. The molecule has 1 aliphatic rings. The molecule has 0 unspecified atom stereocenters. The first-order chi connectivity index (χ1) is 5.18. The Morgan fingerprint density at radius 2 is 2.00 bits per heavy atom. The molecule has 1 saturated heterocycles. The van der Waals surface area contributed by atoms with Gasteiger partial charge in [-0.15, -0.1) is 0 Å². The quantitative estimate of drug-likeness (QED) is 0.606. The maximum absolute atomic E-state index is 2.53. The average molecular weight is 156 g/mol. The molecule has 1 heterocycles. The van der Waals surface area contributed by atoms with Crippen molar-refractivity contribution >= 4 is 0 Å².